The molecule has 1 fully saturated rings. The van der Waals surface area contributed by atoms with Gasteiger partial charge in [0.15, 0.2) is 11.5 Å². The highest BCUT2D eigenvalue weighted by Gasteiger charge is 2.46. The van der Waals surface area contributed by atoms with Gasteiger partial charge in [-0.3, -0.25) is 0 Å². The zero-order chi connectivity index (χ0) is 22.0. The Morgan fingerprint density at radius 1 is 1.13 bits per heavy atom. The van der Waals surface area contributed by atoms with Crippen molar-refractivity contribution in [3.05, 3.63) is 53.5 Å². The van der Waals surface area contributed by atoms with E-state index in [0.29, 0.717) is 42.2 Å². The number of rotatable bonds is 6. The monoisotopic (exact) mass is 426 g/mol. The summed E-state index contributed by atoms with van der Waals surface area (Å²) in [6.45, 7) is 0.293. The van der Waals surface area contributed by atoms with Crippen LogP contribution in [-0.4, -0.2) is 50.3 Å². The molecule has 4 rings (SSSR count). The number of furan rings is 1. The van der Waals surface area contributed by atoms with Crippen LogP contribution in [-0.2, 0) is 16.1 Å². The number of benzene rings is 1. The van der Waals surface area contributed by atoms with E-state index in [1.54, 1.807) is 37.5 Å². The second-order valence-electron chi connectivity index (χ2n) is 7.55. The van der Waals surface area contributed by atoms with Gasteiger partial charge in [0.05, 0.1) is 45.8 Å². The summed E-state index contributed by atoms with van der Waals surface area (Å²) in [7, 11) is 4.52. The van der Waals surface area contributed by atoms with Crippen LogP contribution in [0.2, 0.25) is 0 Å². The molecule has 3 heterocycles. The van der Waals surface area contributed by atoms with E-state index in [0.717, 1.165) is 17.6 Å². The normalized spacial score (nSPS) is 19.9. The molecule has 0 aliphatic carbocycles. The van der Waals surface area contributed by atoms with E-state index in [1.807, 2.05) is 18.2 Å². The summed E-state index contributed by atoms with van der Waals surface area (Å²) >= 11 is 0. The van der Waals surface area contributed by atoms with Gasteiger partial charge < -0.3 is 28.8 Å². The molecule has 1 N–H and O–H groups in total. The highest BCUT2D eigenvalue weighted by molar-refractivity contribution is 6.01. The van der Waals surface area contributed by atoms with Gasteiger partial charge in [0.25, 0.3) is 0 Å². The number of hydrogen-bond acceptors (Lipinski definition) is 6. The average Bonchev–Trinajstić information content (AvgIpc) is 3.43. The number of esters is 1. The zero-order valence-corrected chi connectivity index (χ0v) is 17.8. The van der Waals surface area contributed by atoms with Crippen molar-refractivity contribution in [2.75, 3.05) is 21.3 Å². The minimum Gasteiger partial charge on any atom is -0.493 e. The Labute approximate surface area is 180 Å². The maximum atomic E-state index is 13.0. The lowest BCUT2D eigenvalue weighted by Crippen LogP contribution is -2.50. The highest BCUT2D eigenvalue weighted by atomic mass is 16.5. The second kappa shape index (κ2) is 8.75. The lowest BCUT2D eigenvalue weighted by Gasteiger charge is -2.37. The summed E-state index contributed by atoms with van der Waals surface area (Å²) in [5.74, 6) is 1.46. The number of carbonyl (C=O) groups is 2. The predicted molar refractivity (Wildman–Crippen MR) is 113 cm³/mol. The average molecular weight is 426 g/mol. The second-order valence-corrected chi connectivity index (χ2v) is 7.55. The molecule has 8 nitrogen and oxygen atoms in total. The quantitative estimate of drug-likeness (QED) is 0.713. The molecule has 2 bridgehead atoms. The molecule has 0 saturated carbocycles. The van der Waals surface area contributed by atoms with Crippen molar-refractivity contribution in [1.29, 1.82) is 0 Å². The molecule has 0 spiro atoms. The third-order valence-corrected chi connectivity index (χ3v) is 5.97. The molecule has 0 radical (unpaired) electrons. The number of nitrogens with one attached hydrogen (secondary N) is 1. The van der Waals surface area contributed by atoms with Crippen molar-refractivity contribution in [3.8, 4) is 11.5 Å². The Morgan fingerprint density at radius 2 is 1.94 bits per heavy atom. The molecule has 2 amide bonds. The molecular formula is C23H26N2O6. The molecule has 2 aliphatic heterocycles. The molecule has 2 aromatic rings. The lowest BCUT2D eigenvalue weighted by molar-refractivity contribution is -0.136. The molecule has 8 heteroatoms. The Morgan fingerprint density at radius 3 is 2.61 bits per heavy atom. The summed E-state index contributed by atoms with van der Waals surface area (Å²) in [5, 5.41) is 2.90. The molecule has 2 unspecified atom stereocenters. The van der Waals surface area contributed by atoms with Crippen molar-refractivity contribution in [2.24, 2.45) is 0 Å². The van der Waals surface area contributed by atoms with E-state index in [4.69, 9.17) is 18.6 Å². The van der Waals surface area contributed by atoms with E-state index >= 15 is 0 Å². The van der Waals surface area contributed by atoms with Gasteiger partial charge in [-0.05, 0) is 54.7 Å². The van der Waals surface area contributed by atoms with Crippen molar-refractivity contribution in [2.45, 2.75) is 37.9 Å². The summed E-state index contributed by atoms with van der Waals surface area (Å²) in [5.41, 5.74) is 2.28. The Kier molecular flexibility index (Phi) is 5.88. The van der Waals surface area contributed by atoms with Gasteiger partial charge in [0.2, 0.25) is 0 Å². The van der Waals surface area contributed by atoms with Gasteiger partial charge >= 0.3 is 12.0 Å². The molecule has 1 saturated heterocycles. The topological polar surface area (TPSA) is 90.2 Å². The summed E-state index contributed by atoms with van der Waals surface area (Å²) < 4.78 is 21.2. The first-order valence-electron chi connectivity index (χ1n) is 10.2. The number of hydrogen-bond donors (Lipinski definition) is 1. The highest BCUT2D eigenvalue weighted by Crippen LogP contribution is 2.44. The van der Waals surface area contributed by atoms with Gasteiger partial charge in [0.1, 0.15) is 5.76 Å². The Hall–Kier alpha value is -3.42. The minimum absolute atomic E-state index is 0.00176. The lowest BCUT2D eigenvalue weighted by atomic mass is 9.88. The number of methoxy groups -OCH3 is 3. The Balaban J connectivity index is 1.67. The standard InChI is InChI=1S/C23H26N2O6/c1-28-19-9-6-14(11-20(19)29-2)17-12-15-7-8-18(21(17)22(26)30-3)25(15)23(27)24-13-16-5-4-10-31-16/h4-6,9-11,15,18H,7-8,12-13H2,1-3H3,(H,24,27). The third-order valence-electron chi connectivity index (χ3n) is 5.97. The van der Waals surface area contributed by atoms with Crippen LogP contribution in [0.15, 0.2) is 46.6 Å². The minimum atomic E-state index is -0.418. The predicted octanol–water partition coefficient (Wildman–Crippen LogP) is 3.37. The van der Waals surface area contributed by atoms with Crippen LogP contribution in [0.1, 0.15) is 30.6 Å². The molecule has 31 heavy (non-hydrogen) atoms. The number of nitrogens with zero attached hydrogens (tertiary/aromatic N) is 1. The van der Waals surface area contributed by atoms with Gasteiger partial charge in [-0.2, -0.15) is 0 Å². The third kappa shape index (κ3) is 3.85. The molecular weight excluding hydrogens is 400 g/mol. The number of carbonyl (C=O) groups excluding carboxylic acids is 2. The first-order chi connectivity index (χ1) is 15.1. The van der Waals surface area contributed by atoms with Crippen molar-refractivity contribution in [1.82, 2.24) is 10.2 Å². The molecule has 1 aromatic carbocycles. The van der Waals surface area contributed by atoms with Gasteiger partial charge in [-0.15, -0.1) is 0 Å². The maximum Gasteiger partial charge on any atom is 0.336 e. The maximum absolute atomic E-state index is 13.0. The number of fused-ring (bicyclic) bond motifs is 2. The van der Waals surface area contributed by atoms with Crippen molar-refractivity contribution in [3.63, 3.8) is 0 Å². The SMILES string of the molecule is COC(=O)C1=C(c2ccc(OC)c(OC)c2)CC2CCC1N2C(=O)NCc1ccco1. The van der Waals surface area contributed by atoms with Crippen molar-refractivity contribution >= 4 is 17.6 Å². The van der Waals surface area contributed by atoms with Crippen LogP contribution in [0, 0.1) is 0 Å². The first kappa shape index (κ1) is 20.8. The smallest absolute Gasteiger partial charge is 0.336 e. The number of amides is 2. The van der Waals surface area contributed by atoms with E-state index in [1.165, 1.54) is 7.11 Å². The molecule has 2 aliphatic rings. The number of urea groups is 1. The van der Waals surface area contributed by atoms with E-state index in [2.05, 4.69) is 5.32 Å². The van der Waals surface area contributed by atoms with Crippen LogP contribution in [0.5, 0.6) is 11.5 Å². The van der Waals surface area contributed by atoms with Gasteiger partial charge in [-0.1, -0.05) is 6.07 Å². The fraction of sp³-hybridized carbons (Fsp3) is 0.391. The zero-order valence-electron chi connectivity index (χ0n) is 17.8. The van der Waals surface area contributed by atoms with Crippen LogP contribution < -0.4 is 14.8 Å². The fourth-order valence-electron chi connectivity index (χ4n) is 4.55. The largest absolute Gasteiger partial charge is 0.493 e. The van der Waals surface area contributed by atoms with E-state index < -0.39 is 5.97 Å². The van der Waals surface area contributed by atoms with Gasteiger partial charge in [0, 0.05) is 6.04 Å². The molecule has 2 atom stereocenters. The summed E-state index contributed by atoms with van der Waals surface area (Å²) in [6, 6.07) is 8.62. The van der Waals surface area contributed by atoms with Crippen LogP contribution in [0.3, 0.4) is 0 Å². The molecule has 1 aromatic heterocycles. The van der Waals surface area contributed by atoms with Crippen LogP contribution in [0.4, 0.5) is 4.79 Å². The summed E-state index contributed by atoms with van der Waals surface area (Å²) in [4.78, 5) is 27.6. The first-order valence-corrected chi connectivity index (χ1v) is 10.2. The van der Waals surface area contributed by atoms with Crippen LogP contribution in [0.25, 0.3) is 5.57 Å². The summed E-state index contributed by atoms with van der Waals surface area (Å²) in [6.07, 6.45) is 3.65. The van der Waals surface area contributed by atoms with E-state index in [9.17, 15) is 9.59 Å². The van der Waals surface area contributed by atoms with Crippen LogP contribution >= 0.6 is 0 Å². The fourth-order valence-corrected chi connectivity index (χ4v) is 4.55. The van der Waals surface area contributed by atoms with E-state index in [-0.39, 0.29) is 18.1 Å². The molecule has 164 valence electrons. The van der Waals surface area contributed by atoms with Gasteiger partial charge in [-0.25, -0.2) is 9.59 Å². The van der Waals surface area contributed by atoms with Crippen molar-refractivity contribution < 1.29 is 28.2 Å². The Bertz CT molecular complexity index is 998. The number of ether oxygens (including phenoxy) is 3.